The van der Waals surface area contributed by atoms with Crippen molar-refractivity contribution in [1.29, 1.82) is 0 Å². The normalized spacial score (nSPS) is 10.7. The maximum absolute atomic E-state index is 13.1. The van der Waals surface area contributed by atoms with Crippen LogP contribution < -0.4 is 5.73 Å². The number of non-ortho nitro benzene ring substituents is 1. The molecule has 0 aliphatic rings. The van der Waals surface area contributed by atoms with Crippen LogP contribution in [0.15, 0.2) is 42.5 Å². The van der Waals surface area contributed by atoms with E-state index in [9.17, 15) is 19.7 Å². The van der Waals surface area contributed by atoms with Crippen molar-refractivity contribution in [1.82, 2.24) is 4.57 Å². The van der Waals surface area contributed by atoms with Crippen LogP contribution in [0.2, 0.25) is 5.02 Å². The van der Waals surface area contributed by atoms with Crippen LogP contribution in [0, 0.1) is 10.1 Å². The standard InChI is InChI=1S/C18H14ClN3O5/c1-2-27-18(24)21-12-7-4-8-13(22(25)26)14(12)15(20)16(21)17(23)10-5-3-6-11(19)9-10/h3-9H,2,20H2,1H3. The average molecular weight is 388 g/mol. The van der Waals surface area contributed by atoms with Gasteiger partial charge in [-0.05, 0) is 25.1 Å². The van der Waals surface area contributed by atoms with Gasteiger partial charge in [0.15, 0.2) is 0 Å². The summed E-state index contributed by atoms with van der Waals surface area (Å²) in [5, 5.41) is 11.7. The first-order chi connectivity index (χ1) is 12.9. The maximum Gasteiger partial charge on any atom is 0.419 e. The van der Waals surface area contributed by atoms with E-state index in [4.69, 9.17) is 22.1 Å². The van der Waals surface area contributed by atoms with Crippen LogP contribution in [0.1, 0.15) is 23.0 Å². The first kappa shape index (κ1) is 18.4. The summed E-state index contributed by atoms with van der Waals surface area (Å²) < 4.78 is 5.98. The maximum atomic E-state index is 13.1. The van der Waals surface area contributed by atoms with Gasteiger partial charge >= 0.3 is 6.09 Å². The molecular weight excluding hydrogens is 374 g/mol. The molecule has 0 atom stereocenters. The minimum absolute atomic E-state index is 0.000862. The molecule has 8 nitrogen and oxygen atoms in total. The van der Waals surface area contributed by atoms with Gasteiger partial charge in [-0.15, -0.1) is 0 Å². The van der Waals surface area contributed by atoms with Gasteiger partial charge in [-0.1, -0.05) is 29.8 Å². The summed E-state index contributed by atoms with van der Waals surface area (Å²) in [5.74, 6) is -0.603. The fraction of sp³-hybridized carbons (Fsp3) is 0.111. The van der Waals surface area contributed by atoms with E-state index in [1.807, 2.05) is 0 Å². The van der Waals surface area contributed by atoms with E-state index in [2.05, 4.69) is 0 Å². The summed E-state index contributed by atoms with van der Waals surface area (Å²) >= 11 is 5.94. The Bertz CT molecular complexity index is 1090. The Morgan fingerprint density at radius 2 is 1.96 bits per heavy atom. The SMILES string of the molecule is CCOC(=O)n1c(C(=O)c2cccc(Cl)c2)c(N)c2c([N+](=O)[O-])cccc21. The Hall–Kier alpha value is -3.39. The average Bonchev–Trinajstić information content (AvgIpc) is 2.94. The van der Waals surface area contributed by atoms with E-state index >= 15 is 0 Å². The molecular formula is C18H14ClN3O5. The number of carbonyl (C=O) groups excluding carboxylic acids is 2. The molecule has 0 aliphatic carbocycles. The number of halogens is 1. The van der Waals surface area contributed by atoms with Crippen LogP contribution >= 0.6 is 11.6 Å². The molecule has 0 amide bonds. The number of ether oxygens (including phenoxy) is 1. The Balaban J connectivity index is 2.36. The first-order valence-corrected chi connectivity index (χ1v) is 8.29. The third-order valence-corrected chi connectivity index (χ3v) is 4.19. The molecule has 9 heteroatoms. The lowest BCUT2D eigenvalue weighted by atomic mass is 10.1. The van der Waals surface area contributed by atoms with Crippen LogP contribution in [0.3, 0.4) is 0 Å². The van der Waals surface area contributed by atoms with E-state index in [1.165, 1.54) is 30.3 Å². The van der Waals surface area contributed by atoms with E-state index in [1.54, 1.807) is 19.1 Å². The van der Waals surface area contributed by atoms with Crippen molar-refractivity contribution >= 4 is 45.8 Å². The van der Waals surface area contributed by atoms with E-state index in [-0.39, 0.29) is 40.1 Å². The lowest BCUT2D eigenvalue weighted by molar-refractivity contribution is -0.383. The van der Waals surface area contributed by atoms with Gasteiger partial charge in [0.1, 0.15) is 11.1 Å². The largest absolute Gasteiger partial charge is 0.449 e. The molecule has 0 saturated heterocycles. The van der Waals surface area contributed by atoms with Gasteiger partial charge < -0.3 is 10.5 Å². The summed E-state index contributed by atoms with van der Waals surface area (Å²) in [6, 6.07) is 10.2. The van der Waals surface area contributed by atoms with Gasteiger partial charge in [-0.2, -0.15) is 0 Å². The highest BCUT2D eigenvalue weighted by molar-refractivity contribution is 6.31. The van der Waals surface area contributed by atoms with E-state index in [0.717, 1.165) is 4.57 Å². The Labute approximate surface area is 158 Å². The molecule has 0 radical (unpaired) electrons. The highest BCUT2D eigenvalue weighted by atomic mass is 35.5. The molecule has 2 N–H and O–H groups in total. The van der Waals surface area contributed by atoms with Gasteiger partial charge in [0, 0.05) is 16.7 Å². The minimum atomic E-state index is -0.856. The van der Waals surface area contributed by atoms with Crippen molar-refractivity contribution in [3.05, 3.63) is 68.9 Å². The monoisotopic (exact) mass is 387 g/mol. The number of benzene rings is 2. The molecule has 0 aliphatic heterocycles. The number of aromatic nitrogens is 1. The third-order valence-electron chi connectivity index (χ3n) is 3.96. The Morgan fingerprint density at radius 1 is 1.26 bits per heavy atom. The van der Waals surface area contributed by atoms with Crippen molar-refractivity contribution in [3.63, 3.8) is 0 Å². The van der Waals surface area contributed by atoms with Crippen LogP contribution in [0.4, 0.5) is 16.2 Å². The number of hydrogen-bond acceptors (Lipinski definition) is 6. The van der Waals surface area contributed by atoms with Crippen molar-refractivity contribution in [2.45, 2.75) is 6.92 Å². The molecule has 0 unspecified atom stereocenters. The highest BCUT2D eigenvalue weighted by Gasteiger charge is 2.30. The van der Waals surface area contributed by atoms with Gasteiger partial charge in [0.25, 0.3) is 5.69 Å². The summed E-state index contributed by atoms with van der Waals surface area (Å²) in [4.78, 5) is 36.3. The molecule has 27 heavy (non-hydrogen) atoms. The van der Waals surface area contributed by atoms with E-state index in [0.29, 0.717) is 5.02 Å². The molecule has 3 aromatic rings. The van der Waals surface area contributed by atoms with Gasteiger partial charge in [0.2, 0.25) is 5.78 Å². The topological polar surface area (TPSA) is 117 Å². The molecule has 1 aromatic heterocycles. The molecule has 0 fully saturated rings. The number of nitrogens with zero attached hydrogens (tertiary/aromatic N) is 2. The fourth-order valence-corrected chi connectivity index (χ4v) is 3.06. The molecule has 0 bridgehead atoms. The second kappa shape index (κ2) is 7.08. The number of nitro benzene ring substituents is 1. The Kier molecular flexibility index (Phi) is 4.83. The number of nitrogens with two attached hydrogens (primary N) is 1. The van der Waals surface area contributed by atoms with Gasteiger partial charge in [-0.25, -0.2) is 9.36 Å². The smallest absolute Gasteiger partial charge is 0.419 e. The summed E-state index contributed by atoms with van der Waals surface area (Å²) in [6.07, 6.45) is -0.856. The number of nitro groups is 1. The number of ketones is 1. The quantitative estimate of drug-likeness (QED) is 0.410. The van der Waals surface area contributed by atoms with Crippen LogP contribution in [0.25, 0.3) is 10.9 Å². The summed E-state index contributed by atoms with van der Waals surface area (Å²) in [7, 11) is 0. The van der Waals surface area contributed by atoms with Crippen LogP contribution in [-0.2, 0) is 4.74 Å². The zero-order valence-electron chi connectivity index (χ0n) is 14.1. The van der Waals surface area contributed by atoms with Gasteiger partial charge in [-0.3, -0.25) is 14.9 Å². The number of rotatable bonds is 4. The number of fused-ring (bicyclic) bond motifs is 1. The number of anilines is 1. The zero-order valence-corrected chi connectivity index (χ0v) is 14.9. The van der Waals surface area contributed by atoms with Crippen molar-refractivity contribution in [2.24, 2.45) is 0 Å². The highest BCUT2D eigenvalue weighted by Crippen LogP contribution is 2.37. The zero-order chi connectivity index (χ0) is 19.7. The summed E-state index contributed by atoms with van der Waals surface area (Å²) in [6.45, 7) is 1.66. The molecule has 0 spiro atoms. The molecule has 2 aromatic carbocycles. The first-order valence-electron chi connectivity index (χ1n) is 7.91. The number of carbonyl (C=O) groups is 2. The molecule has 138 valence electrons. The Morgan fingerprint density at radius 3 is 2.59 bits per heavy atom. The van der Waals surface area contributed by atoms with Crippen molar-refractivity contribution < 1.29 is 19.2 Å². The van der Waals surface area contributed by atoms with Crippen LogP contribution in [-0.4, -0.2) is 28.0 Å². The second-order valence-corrected chi connectivity index (χ2v) is 6.00. The predicted molar refractivity (Wildman–Crippen MR) is 100 cm³/mol. The molecule has 0 saturated carbocycles. The second-order valence-electron chi connectivity index (χ2n) is 5.56. The van der Waals surface area contributed by atoms with Gasteiger partial charge in [0.05, 0.1) is 22.7 Å². The number of nitrogen functional groups attached to an aromatic ring is 1. The summed E-state index contributed by atoms with van der Waals surface area (Å²) in [5.41, 5.74) is 5.71. The molecule has 1 heterocycles. The van der Waals surface area contributed by atoms with E-state index < -0.39 is 16.8 Å². The minimum Gasteiger partial charge on any atom is -0.449 e. The van der Waals surface area contributed by atoms with Crippen LogP contribution in [0.5, 0.6) is 0 Å². The van der Waals surface area contributed by atoms with Crippen molar-refractivity contribution in [3.8, 4) is 0 Å². The van der Waals surface area contributed by atoms with Crippen molar-refractivity contribution in [2.75, 3.05) is 12.3 Å². The number of hydrogen-bond donors (Lipinski definition) is 1. The lowest BCUT2D eigenvalue weighted by Crippen LogP contribution is -2.20. The molecule has 3 rings (SSSR count). The fourth-order valence-electron chi connectivity index (χ4n) is 2.87. The third kappa shape index (κ3) is 3.11. The lowest BCUT2D eigenvalue weighted by Gasteiger charge is -2.09. The predicted octanol–water partition coefficient (Wildman–Crippen LogP) is 4.02.